The normalized spacial score (nSPS) is 9.56. The second-order valence-corrected chi connectivity index (χ2v) is 5.54. The maximum Gasteiger partial charge on any atom is 0.394 e. The van der Waals surface area contributed by atoms with Gasteiger partial charge in [0.15, 0.2) is 11.9 Å². The fourth-order valence-corrected chi connectivity index (χ4v) is 1.34. The van der Waals surface area contributed by atoms with E-state index >= 15 is 0 Å². The lowest BCUT2D eigenvalue weighted by Crippen LogP contribution is -2.22. The van der Waals surface area contributed by atoms with Crippen molar-refractivity contribution in [2.75, 3.05) is 0 Å². The molecule has 2 aromatic heterocycles. The Hall–Kier alpha value is -3.29. The maximum absolute atomic E-state index is 8.74. The summed E-state index contributed by atoms with van der Waals surface area (Å²) in [7, 11) is -4.67. The van der Waals surface area contributed by atoms with Gasteiger partial charge in [0.05, 0.1) is 13.1 Å². The lowest BCUT2D eigenvalue weighted by molar-refractivity contribution is 0.381. The zero-order chi connectivity index (χ0) is 20.7. The van der Waals surface area contributed by atoms with Crippen molar-refractivity contribution >= 4 is 22.3 Å². The van der Waals surface area contributed by atoms with Gasteiger partial charge in [0.25, 0.3) is 0 Å². The number of nitrogens with zero attached hydrogens (tertiary/aromatic N) is 4. The number of hydrogen-bond acceptors (Lipinski definition) is 6. The highest BCUT2D eigenvalue weighted by molar-refractivity contribution is 7.79. The van der Waals surface area contributed by atoms with Crippen molar-refractivity contribution in [3.63, 3.8) is 0 Å². The Morgan fingerprint density at radius 2 is 1.04 bits per heavy atom. The third-order valence-electron chi connectivity index (χ3n) is 2.39. The number of rotatable bonds is 4. The summed E-state index contributed by atoms with van der Waals surface area (Å²) >= 11 is 0. The number of aromatic nitrogens is 2. The molecule has 0 radical (unpaired) electrons. The second-order valence-electron chi connectivity index (χ2n) is 4.64. The molecule has 13 heteroatoms. The molecule has 0 saturated carbocycles. The molecule has 0 fully saturated rings. The van der Waals surface area contributed by atoms with Gasteiger partial charge in [-0.1, -0.05) is 0 Å². The standard InChI is InChI=1S/2C7H10N4.H2O4S/c2*8-7(9)11-5-6-1-3-10-4-2-6;1-5(2,3)4/h2*1-4H,5H2,(H4,8,9,11);(H2,1,2,3,4). The van der Waals surface area contributed by atoms with Gasteiger partial charge >= 0.3 is 10.4 Å². The third kappa shape index (κ3) is 18.9. The van der Waals surface area contributed by atoms with Crippen LogP contribution in [0, 0.1) is 0 Å². The van der Waals surface area contributed by atoms with Crippen LogP contribution in [0.15, 0.2) is 59.0 Å². The molecule has 0 aliphatic heterocycles. The van der Waals surface area contributed by atoms with Crippen LogP contribution < -0.4 is 22.9 Å². The SMILES string of the molecule is NC(N)=NCc1ccncc1.NC(N)=NCc1ccncc1.O=S(=O)(O)O. The molecule has 0 aliphatic rings. The molecule has 0 aliphatic carbocycles. The summed E-state index contributed by atoms with van der Waals surface area (Å²) in [4.78, 5) is 15.4. The second kappa shape index (κ2) is 13.0. The first-order valence-electron chi connectivity index (χ1n) is 7.16. The summed E-state index contributed by atoms with van der Waals surface area (Å²) in [6, 6.07) is 7.47. The van der Waals surface area contributed by atoms with Crippen molar-refractivity contribution in [2.45, 2.75) is 13.1 Å². The lowest BCUT2D eigenvalue weighted by atomic mass is 10.3. The minimum atomic E-state index is -4.67. The molecule has 2 aromatic rings. The summed E-state index contributed by atoms with van der Waals surface area (Å²) in [6.45, 7) is 1.04. The minimum Gasteiger partial charge on any atom is -0.370 e. The summed E-state index contributed by atoms with van der Waals surface area (Å²) in [6.07, 6.45) is 6.82. The van der Waals surface area contributed by atoms with E-state index in [1.165, 1.54) is 0 Å². The Morgan fingerprint density at radius 3 is 1.26 bits per heavy atom. The first-order chi connectivity index (χ1) is 12.6. The van der Waals surface area contributed by atoms with Gasteiger partial charge in [-0.15, -0.1) is 0 Å². The van der Waals surface area contributed by atoms with Gasteiger partial charge in [0.2, 0.25) is 0 Å². The van der Waals surface area contributed by atoms with E-state index < -0.39 is 10.4 Å². The number of pyridine rings is 2. The van der Waals surface area contributed by atoms with Crippen LogP contribution in [0.4, 0.5) is 0 Å². The van der Waals surface area contributed by atoms with Gasteiger partial charge in [-0.2, -0.15) is 8.42 Å². The topological polar surface area (TPSA) is 229 Å². The van der Waals surface area contributed by atoms with Crippen molar-refractivity contribution in [1.82, 2.24) is 9.97 Å². The molecule has 148 valence electrons. The molecule has 0 saturated heterocycles. The molecule has 0 amide bonds. The van der Waals surface area contributed by atoms with E-state index in [9.17, 15) is 0 Å². The van der Waals surface area contributed by atoms with Crippen LogP contribution in [0.1, 0.15) is 11.1 Å². The predicted octanol–water partition coefficient (Wildman–Crippen LogP) is -0.943. The van der Waals surface area contributed by atoms with E-state index in [0.717, 1.165) is 11.1 Å². The van der Waals surface area contributed by atoms with Gasteiger partial charge < -0.3 is 22.9 Å². The van der Waals surface area contributed by atoms with Crippen molar-refractivity contribution < 1.29 is 17.5 Å². The molecular weight excluding hydrogens is 376 g/mol. The molecule has 27 heavy (non-hydrogen) atoms. The van der Waals surface area contributed by atoms with Crippen molar-refractivity contribution in [1.29, 1.82) is 0 Å². The molecule has 0 bridgehead atoms. The predicted molar refractivity (Wildman–Crippen MR) is 102 cm³/mol. The summed E-state index contributed by atoms with van der Waals surface area (Å²) in [5, 5.41) is 0. The Morgan fingerprint density at radius 1 is 0.778 bits per heavy atom. The summed E-state index contributed by atoms with van der Waals surface area (Å²) in [5.74, 6) is 0.226. The Bertz CT molecular complexity index is 742. The molecule has 2 heterocycles. The molecule has 10 N–H and O–H groups in total. The van der Waals surface area contributed by atoms with E-state index in [0.29, 0.717) is 13.1 Å². The highest BCUT2D eigenvalue weighted by atomic mass is 32.3. The molecular formula is C14H22N8O4S. The van der Waals surface area contributed by atoms with Gasteiger partial charge in [-0.25, -0.2) is 9.98 Å². The Kier molecular flexibility index (Phi) is 11.4. The number of nitrogens with two attached hydrogens (primary N) is 4. The van der Waals surface area contributed by atoms with Crippen LogP contribution in [0.5, 0.6) is 0 Å². The first-order valence-corrected chi connectivity index (χ1v) is 8.56. The fraction of sp³-hybridized carbons (Fsp3) is 0.143. The van der Waals surface area contributed by atoms with E-state index in [4.69, 9.17) is 40.5 Å². The number of hydrogen-bond donors (Lipinski definition) is 6. The smallest absolute Gasteiger partial charge is 0.370 e. The molecule has 12 nitrogen and oxygen atoms in total. The van der Waals surface area contributed by atoms with Gasteiger partial charge in [0.1, 0.15) is 0 Å². The van der Waals surface area contributed by atoms with E-state index in [1.807, 2.05) is 24.3 Å². The first kappa shape index (κ1) is 23.7. The van der Waals surface area contributed by atoms with Crippen molar-refractivity contribution in [2.24, 2.45) is 32.9 Å². The van der Waals surface area contributed by atoms with Crippen LogP contribution in [0.25, 0.3) is 0 Å². The average molecular weight is 398 g/mol. The van der Waals surface area contributed by atoms with E-state index in [2.05, 4.69) is 20.0 Å². The van der Waals surface area contributed by atoms with Crippen molar-refractivity contribution in [3.05, 3.63) is 60.2 Å². The number of aliphatic imine (C=N–C) groups is 2. The van der Waals surface area contributed by atoms with Crippen LogP contribution in [-0.4, -0.2) is 39.4 Å². The van der Waals surface area contributed by atoms with E-state index in [1.54, 1.807) is 24.8 Å². The fourth-order valence-electron chi connectivity index (χ4n) is 1.34. The van der Waals surface area contributed by atoms with Gasteiger partial charge in [-0.05, 0) is 35.4 Å². The molecule has 2 rings (SSSR count). The molecule has 0 aromatic carbocycles. The van der Waals surface area contributed by atoms with Crippen LogP contribution in [-0.2, 0) is 23.5 Å². The lowest BCUT2D eigenvalue weighted by Gasteiger charge is -1.94. The molecule has 0 atom stereocenters. The monoisotopic (exact) mass is 398 g/mol. The van der Waals surface area contributed by atoms with Gasteiger partial charge in [0, 0.05) is 24.8 Å². The summed E-state index contributed by atoms with van der Waals surface area (Å²) in [5.41, 5.74) is 22.7. The largest absolute Gasteiger partial charge is 0.394 e. The molecule has 0 spiro atoms. The zero-order valence-electron chi connectivity index (χ0n) is 14.3. The quantitative estimate of drug-likeness (QED) is 0.210. The number of guanidine groups is 2. The minimum absolute atomic E-state index is 0.113. The Labute approximate surface area is 156 Å². The molecule has 0 unspecified atom stereocenters. The highest BCUT2D eigenvalue weighted by Crippen LogP contribution is 1.97. The Balaban J connectivity index is 0.000000405. The highest BCUT2D eigenvalue weighted by Gasteiger charge is 1.88. The van der Waals surface area contributed by atoms with Crippen LogP contribution in [0.3, 0.4) is 0 Å². The van der Waals surface area contributed by atoms with Crippen molar-refractivity contribution in [3.8, 4) is 0 Å². The van der Waals surface area contributed by atoms with Gasteiger partial charge in [-0.3, -0.25) is 19.1 Å². The average Bonchev–Trinajstić information content (AvgIpc) is 2.59. The summed E-state index contributed by atoms with van der Waals surface area (Å²) < 4.78 is 31.6. The van der Waals surface area contributed by atoms with Crippen LogP contribution >= 0.6 is 0 Å². The third-order valence-corrected chi connectivity index (χ3v) is 2.39. The van der Waals surface area contributed by atoms with Crippen LogP contribution in [0.2, 0.25) is 0 Å². The van der Waals surface area contributed by atoms with E-state index in [-0.39, 0.29) is 11.9 Å². The maximum atomic E-state index is 8.74. The zero-order valence-corrected chi connectivity index (χ0v) is 15.1.